The van der Waals surface area contributed by atoms with Gasteiger partial charge in [-0.2, -0.15) is 5.26 Å². The van der Waals surface area contributed by atoms with E-state index in [0.717, 1.165) is 0 Å². The third kappa shape index (κ3) is 3.42. The predicted octanol–water partition coefficient (Wildman–Crippen LogP) is 0.579. The van der Waals surface area contributed by atoms with Gasteiger partial charge in [-0.15, -0.1) is 0 Å². The third-order valence-corrected chi connectivity index (χ3v) is 2.78. The molecule has 0 spiro atoms. The Morgan fingerprint density at radius 3 is 3.11 bits per heavy atom. The molecular formula is C13H15N3O3. The van der Waals surface area contributed by atoms with Crippen LogP contribution in [-0.4, -0.2) is 48.2 Å². The molecule has 1 aliphatic rings. The van der Waals surface area contributed by atoms with Crippen LogP contribution in [0.25, 0.3) is 0 Å². The van der Waals surface area contributed by atoms with Crippen molar-refractivity contribution >= 4 is 5.91 Å². The number of amides is 1. The maximum absolute atomic E-state index is 11.6. The quantitative estimate of drug-likeness (QED) is 0.775. The zero-order chi connectivity index (χ0) is 13.7. The summed E-state index contributed by atoms with van der Waals surface area (Å²) in [4.78, 5) is 17.3. The number of rotatable bonds is 5. The van der Waals surface area contributed by atoms with Gasteiger partial charge in [-0.05, 0) is 13.0 Å². The summed E-state index contributed by atoms with van der Waals surface area (Å²) in [6.45, 7) is 3.56. The van der Waals surface area contributed by atoms with Gasteiger partial charge in [0.2, 0.25) is 11.8 Å². The number of hydrogen-bond acceptors (Lipinski definition) is 5. The van der Waals surface area contributed by atoms with E-state index in [1.165, 1.54) is 6.20 Å². The van der Waals surface area contributed by atoms with Crippen LogP contribution in [0, 0.1) is 11.3 Å². The van der Waals surface area contributed by atoms with Crippen molar-refractivity contribution < 1.29 is 14.3 Å². The highest BCUT2D eigenvalue weighted by Gasteiger charge is 2.32. The smallest absolute Gasteiger partial charge is 0.248 e. The van der Waals surface area contributed by atoms with Gasteiger partial charge in [-0.25, -0.2) is 4.98 Å². The van der Waals surface area contributed by atoms with Crippen LogP contribution in [0.2, 0.25) is 0 Å². The van der Waals surface area contributed by atoms with Crippen molar-refractivity contribution in [3.63, 3.8) is 0 Å². The molecule has 0 aromatic carbocycles. The van der Waals surface area contributed by atoms with Crippen molar-refractivity contribution in [2.45, 2.75) is 13.0 Å². The fraction of sp³-hybridized carbons (Fsp3) is 0.462. The lowest BCUT2D eigenvalue weighted by atomic mass is 10.1. The second kappa shape index (κ2) is 6.16. The first kappa shape index (κ1) is 13.3. The van der Waals surface area contributed by atoms with Crippen molar-refractivity contribution in [2.24, 2.45) is 0 Å². The van der Waals surface area contributed by atoms with Crippen molar-refractivity contribution in [3.8, 4) is 11.9 Å². The minimum atomic E-state index is -0.0629. The van der Waals surface area contributed by atoms with Crippen molar-refractivity contribution in [3.05, 3.63) is 23.9 Å². The molecule has 0 unspecified atom stereocenters. The standard InChI is InChI=1S/C13H15N3O3/c1-2-18-9-13(17)16-7-11(8-16)19-12-5-10(6-14)3-4-15-12/h3-5,11H,2,7-9H2,1H3. The van der Waals surface area contributed by atoms with Crippen LogP contribution >= 0.6 is 0 Å². The first-order chi connectivity index (χ1) is 9.22. The van der Waals surface area contributed by atoms with Gasteiger partial charge >= 0.3 is 0 Å². The Balaban J connectivity index is 1.78. The van der Waals surface area contributed by atoms with Gasteiger partial charge < -0.3 is 14.4 Å². The highest BCUT2D eigenvalue weighted by molar-refractivity contribution is 5.78. The van der Waals surface area contributed by atoms with Gasteiger partial charge in [-0.3, -0.25) is 4.79 Å². The lowest BCUT2D eigenvalue weighted by Gasteiger charge is -2.38. The Kier molecular flexibility index (Phi) is 4.31. The fourth-order valence-corrected chi connectivity index (χ4v) is 1.71. The molecule has 6 nitrogen and oxygen atoms in total. The highest BCUT2D eigenvalue weighted by Crippen LogP contribution is 2.16. The summed E-state index contributed by atoms with van der Waals surface area (Å²) in [5.41, 5.74) is 0.508. The van der Waals surface area contributed by atoms with Crippen molar-refractivity contribution in [1.82, 2.24) is 9.88 Å². The van der Waals surface area contributed by atoms with Crippen LogP contribution in [-0.2, 0) is 9.53 Å². The number of hydrogen-bond donors (Lipinski definition) is 0. The monoisotopic (exact) mass is 261 g/mol. The molecule has 2 heterocycles. The van der Waals surface area contributed by atoms with E-state index in [4.69, 9.17) is 14.7 Å². The van der Waals surface area contributed by atoms with Crippen molar-refractivity contribution in [2.75, 3.05) is 26.3 Å². The van der Waals surface area contributed by atoms with E-state index in [9.17, 15) is 4.79 Å². The van der Waals surface area contributed by atoms with E-state index >= 15 is 0 Å². The Bertz CT molecular complexity index is 492. The number of pyridine rings is 1. The molecule has 19 heavy (non-hydrogen) atoms. The minimum absolute atomic E-state index is 0.0274. The summed E-state index contributed by atoms with van der Waals surface area (Å²) in [7, 11) is 0. The molecule has 0 saturated carbocycles. The number of nitriles is 1. The molecule has 0 N–H and O–H groups in total. The Morgan fingerprint density at radius 2 is 2.42 bits per heavy atom. The van der Waals surface area contributed by atoms with Crippen molar-refractivity contribution in [1.29, 1.82) is 5.26 Å². The SMILES string of the molecule is CCOCC(=O)N1CC(Oc2cc(C#N)ccn2)C1. The molecular weight excluding hydrogens is 246 g/mol. The maximum atomic E-state index is 11.6. The Morgan fingerprint density at radius 1 is 1.63 bits per heavy atom. The lowest BCUT2D eigenvalue weighted by Crippen LogP contribution is -2.57. The number of ether oxygens (including phenoxy) is 2. The van der Waals surface area contributed by atoms with Gasteiger partial charge in [0, 0.05) is 18.9 Å². The molecule has 1 fully saturated rings. The first-order valence-electron chi connectivity index (χ1n) is 6.11. The summed E-state index contributed by atoms with van der Waals surface area (Å²) < 4.78 is 10.6. The molecule has 100 valence electrons. The van der Waals surface area contributed by atoms with Gasteiger partial charge in [0.15, 0.2) is 0 Å². The van der Waals surface area contributed by atoms with Crippen LogP contribution in [0.1, 0.15) is 12.5 Å². The van der Waals surface area contributed by atoms with E-state index < -0.39 is 0 Å². The molecule has 6 heteroatoms. The van der Waals surface area contributed by atoms with E-state index in [0.29, 0.717) is 31.1 Å². The average Bonchev–Trinajstić information content (AvgIpc) is 2.40. The zero-order valence-electron chi connectivity index (χ0n) is 10.7. The number of carbonyl (C=O) groups is 1. The van der Waals surface area contributed by atoms with Crippen LogP contribution in [0.3, 0.4) is 0 Å². The van der Waals surface area contributed by atoms with Gasteiger partial charge in [0.25, 0.3) is 0 Å². The fourth-order valence-electron chi connectivity index (χ4n) is 1.71. The van der Waals surface area contributed by atoms with E-state index in [1.807, 2.05) is 13.0 Å². The normalized spacial score (nSPS) is 14.6. The van der Waals surface area contributed by atoms with Gasteiger partial charge in [-0.1, -0.05) is 0 Å². The average molecular weight is 261 g/mol. The van der Waals surface area contributed by atoms with Crippen LogP contribution in [0.15, 0.2) is 18.3 Å². The number of aromatic nitrogens is 1. The van der Waals surface area contributed by atoms with E-state index in [2.05, 4.69) is 4.98 Å². The van der Waals surface area contributed by atoms with Gasteiger partial charge in [0.1, 0.15) is 12.7 Å². The molecule has 0 bridgehead atoms. The summed E-state index contributed by atoms with van der Waals surface area (Å²) in [5.74, 6) is 0.390. The zero-order valence-corrected chi connectivity index (χ0v) is 10.7. The second-order valence-corrected chi connectivity index (χ2v) is 4.17. The Hall–Kier alpha value is -2.13. The predicted molar refractivity (Wildman–Crippen MR) is 66.4 cm³/mol. The topological polar surface area (TPSA) is 75.4 Å². The molecule has 0 aliphatic carbocycles. The molecule has 1 aromatic heterocycles. The summed E-state index contributed by atoms with van der Waals surface area (Å²) >= 11 is 0. The molecule has 0 atom stereocenters. The molecule has 1 saturated heterocycles. The van der Waals surface area contributed by atoms with E-state index in [1.54, 1.807) is 17.0 Å². The molecule has 1 amide bonds. The molecule has 0 radical (unpaired) electrons. The molecule has 1 aliphatic heterocycles. The maximum Gasteiger partial charge on any atom is 0.248 e. The van der Waals surface area contributed by atoms with E-state index in [-0.39, 0.29) is 18.6 Å². The lowest BCUT2D eigenvalue weighted by molar-refractivity contribution is -0.144. The molecule has 1 aromatic rings. The number of likely N-dealkylation sites (tertiary alicyclic amines) is 1. The first-order valence-corrected chi connectivity index (χ1v) is 6.11. The minimum Gasteiger partial charge on any atom is -0.471 e. The summed E-state index contributed by atoms with van der Waals surface area (Å²) in [5, 5.41) is 8.76. The highest BCUT2D eigenvalue weighted by atomic mass is 16.5. The number of carbonyl (C=O) groups excluding carboxylic acids is 1. The second-order valence-electron chi connectivity index (χ2n) is 4.17. The summed E-state index contributed by atoms with van der Waals surface area (Å²) in [6.07, 6.45) is 1.47. The third-order valence-electron chi connectivity index (χ3n) is 2.78. The largest absolute Gasteiger partial charge is 0.471 e. The van der Waals surface area contributed by atoms with Gasteiger partial charge in [0.05, 0.1) is 24.7 Å². The number of nitrogens with zero attached hydrogens (tertiary/aromatic N) is 3. The van der Waals surface area contributed by atoms with Crippen LogP contribution < -0.4 is 4.74 Å². The summed E-state index contributed by atoms with van der Waals surface area (Å²) in [6, 6.07) is 5.23. The van der Waals surface area contributed by atoms with Crippen LogP contribution in [0.5, 0.6) is 5.88 Å². The molecule has 2 rings (SSSR count). The van der Waals surface area contributed by atoms with Crippen LogP contribution in [0.4, 0.5) is 0 Å². The Labute approximate surface area is 111 Å².